The highest BCUT2D eigenvalue weighted by molar-refractivity contribution is 7.80. The van der Waals surface area contributed by atoms with Gasteiger partial charge in [0.25, 0.3) is 0 Å². The average Bonchev–Trinajstić information content (AvgIpc) is 2.36. The number of benzene rings is 1. The Morgan fingerprint density at radius 2 is 1.95 bits per heavy atom. The molecular formula is C14H14F3N3OS. The number of thiocarbonyl (C=S) groups is 1. The van der Waals surface area contributed by atoms with Gasteiger partial charge in [-0.1, -0.05) is 0 Å². The quantitative estimate of drug-likeness (QED) is 0.741. The zero-order valence-electron chi connectivity index (χ0n) is 11.8. The Morgan fingerprint density at radius 3 is 2.55 bits per heavy atom. The molecule has 0 atom stereocenters. The minimum atomic E-state index is -4.61. The molecule has 0 saturated carbocycles. The lowest BCUT2D eigenvalue weighted by Crippen LogP contribution is -2.33. The van der Waals surface area contributed by atoms with Crippen molar-refractivity contribution in [3.05, 3.63) is 40.2 Å². The Kier molecular flexibility index (Phi) is 4.41. The maximum Gasteiger partial charge on any atom is 0.417 e. The molecule has 3 N–H and O–H groups in total. The van der Waals surface area contributed by atoms with Crippen LogP contribution in [0.4, 0.5) is 18.9 Å². The summed E-state index contributed by atoms with van der Waals surface area (Å²) in [6.07, 6.45) is -4.61. The highest BCUT2D eigenvalue weighted by Gasteiger charge is 2.33. The molecule has 0 amide bonds. The van der Waals surface area contributed by atoms with Gasteiger partial charge in [-0.25, -0.2) is 0 Å². The van der Waals surface area contributed by atoms with Gasteiger partial charge < -0.3 is 15.6 Å². The predicted molar refractivity (Wildman–Crippen MR) is 84.1 cm³/mol. The summed E-state index contributed by atoms with van der Waals surface area (Å²) in [4.78, 5) is 13.7. The SMILES string of the molecule is CC(C)NC(=S)Nc1ccc2[nH]c(=O)cc(C(F)(F)F)c2c1. The molecule has 1 aromatic carbocycles. The smallest absolute Gasteiger partial charge is 0.360 e. The van der Waals surface area contributed by atoms with Gasteiger partial charge in [-0.15, -0.1) is 0 Å². The number of fused-ring (bicyclic) bond motifs is 1. The van der Waals surface area contributed by atoms with Crippen LogP contribution in [-0.4, -0.2) is 16.1 Å². The van der Waals surface area contributed by atoms with E-state index in [0.29, 0.717) is 16.9 Å². The summed E-state index contributed by atoms with van der Waals surface area (Å²) in [6, 6.07) is 4.92. The molecule has 1 aromatic heterocycles. The summed E-state index contributed by atoms with van der Waals surface area (Å²) in [5.41, 5.74) is -1.24. The number of H-pyrrole nitrogens is 1. The molecule has 0 aliphatic rings. The molecular weight excluding hydrogens is 315 g/mol. The molecule has 1 heterocycles. The van der Waals surface area contributed by atoms with E-state index in [0.717, 1.165) is 0 Å². The summed E-state index contributed by atoms with van der Waals surface area (Å²) < 4.78 is 39.2. The van der Waals surface area contributed by atoms with Crippen molar-refractivity contribution in [2.45, 2.75) is 26.1 Å². The number of rotatable bonds is 2. The summed E-state index contributed by atoms with van der Waals surface area (Å²) in [6.45, 7) is 3.78. The summed E-state index contributed by atoms with van der Waals surface area (Å²) >= 11 is 5.06. The van der Waals surface area contributed by atoms with Crippen molar-refractivity contribution >= 4 is 33.9 Å². The molecule has 0 spiro atoms. The van der Waals surface area contributed by atoms with E-state index < -0.39 is 17.3 Å². The first-order chi connectivity index (χ1) is 10.2. The maximum absolute atomic E-state index is 13.1. The lowest BCUT2D eigenvalue weighted by molar-refractivity contribution is -0.136. The van der Waals surface area contributed by atoms with E-state index in [-0.39, 0.29) is 16.9 Å². The average molecular weight is 329 g/mol. The Bertz CT molecular complexity index is 768. The first kappa shape index (κ1) is 16.3. The number of alkyl halides is 3. The van der Waals surface area contributed by atoms with Gasteiger partial charge in [0.05, 0.1) is 5.56 Å². The van der Waals surface area contributed by atoms with Crippen LogP contribution in [0.25, 0.3) is 10.9 Å². The lowest BCUT2D eigenvalue weighted by Gasteiger charge is -2.15. The Morgan fingerprint density at radius 1 is 1.27 bits per heavy atom. The van der Waals surface area contributed by atoms with Crippen LogP contribution in [0.3, 0.4) is 0 Å². The van der Waals surface area contributed by atoms with Crippen molar-refractivity contribution in [1.29, 1.82) is 0 Å². The van der Waals surface area contributed by atoms with Crippen molar-refractivity contribution in [3.8, 4) is 0 Å². The highest BCUT2D eigenvalue weighted by Crippen LogP contribution is 2.34. The second kappa shape index (κ2) is 5.96. The van der Waals surface area contributed by atoms with E-state index in [1.165, 1.54) is 12.1 Å². The first-order valence-corrected chi connectivity index (χ1v) is 6.89. The van der Waals surface area contributed by atoms with E-state index in [9.17, 15) is 18.0 Å². The molecule has 0 aliphatic heterocycles. The molecule has 2 aromatic rings. The molecule has 0 unspecified atom stereocenters. The number of hydrogen-bond acceptors (Lipinski definition) is 2. The molecule has 0 saturated heterocycles. The number of aromatic amines is 1. The zero-order valence-corrected chi connectivity index (χ0v) is 12.7. The van der Waals surface area contributed by atoms with E-state index in [1.807, 2.05) is 13.8 Å². The predicted octanol–water partition coefficient (Wildman–Crippen LogP) is 3.24. The van der Waals surface area contributed by atoms with Gasteiger partial charge in [0.15, 0.2) is 5.11 Å². The Labute approximate surface area is 129 Å². The van der Waals surface area contributed by atoms with Crippen molar-refractivity contribution in [2.24, 2.45) is 0 Å². The van der Waals surface area contributed by atoms with Crippen LogP contribution in [0.15, 0.2) is 29.1 Å². The molecule has 0 fully saturated rings. The van der Waals surface area contributed by atoms with Crippen LogP contribution >= 0.6 is 12.2 Å². The van der Waals surface area contributed by atoms with Crippen LogP contribution in [0.1, 0.15) is 19.4 Å². The molecule has 0 aliphatic carbocycles. The second-order valence-electron chi connectivity index (χ2n) is 5.06. The van der Waals surface area contributed by atoms with Crippen LogP contribution in [0.5, 0.6) is 0 Å². The molecule has 22 heavy (non-hydrogen) atoms. The van der Waals surface area contributed by atoms with Gasteiger partial charge in [-0.3, -0.25) is 4.79 Å². The monoisotopic (exact) mass is 329 g/mol. The fourth-order valence-electron chi connectivity index (χ4n) is 2.00. The number of hydrogen-bond donors (Lipinski definition) is 3. The van der Waals surface area contributed by atoms with E-state index in [4.69, 9.17) is 12.2 Å². The number of aromatic nitrogens is 1. The normalized spacial score (nSPS) is 11.7. The zero-order chi connectivity index (χ0) is 16.5. The maximum atomic E-state index is 13.1. The fraction of sp³-hybridized carbons (Fsp3) is 0.286. The minimum Gasteiger partial charge on any atom is -0.360 e. The van der Waals surface area contributed by atoms with Crippen LogP contribution in [0.2, 0.25) is 0 Å². The topological polar surface area (TPSA) is 56.9 Å². The van der Waals surface area contributed by atoms with Crippen molar-refractivity contribution in [2.75, 3.05) is 5.32 Å². The number of pyridine rings is 1. The highest BCUT2D eigenvalue weighted by atomic mass is 32.1. The van der Waals surface area contributed by atoms with E-state index >= 15 is 0 Å². The summed E-state index contributed by atoms with van der Waals surface area (Å²) in [5.74, 6) is 0. The Balaban J connectivity index is 2.47. The lowest BCUT2D eigenvalue weighted by atomic mass is 10.1. The molecule has 2 rings (SSSR count). The molecule has 0 radical (unpaired) electrons. The molecule has 4 nitrogen and oxygen atoms in total. The van der Waals surface area contributed by atoms with Crippen LogP contribution in [-0.2, 0) is 6.18 Å². The minimum absolute atomic E-state index is 0.0931. The van der Waals surface area contributed by atoms with Crippen molar-refractivity contribution < 1.29 is 13.2 Å². The van der Waals surface area contributed by atoms with Gasteiger partial charge in [-0.05, 0) is 44.3 Å². The summed E-state index contributed by atoms with van der Waals surface area (Å²) in [5, 5.41) is 5.97. The summed E-state index contributed by atoms with van der Waals surface area (Å²) in [7, 11) is 0. The third-order valence-electron chi connectivity index (χ3n) is 2.83. The first-order valence-electron chi connectivity index (χ1n) is 6.48. The van der Waals surface area contributed by atoms with Crippen LogP contribution in [0, 0.1) is 0 Å². The fourth-order valence-corrected chi connectivity index (χ4v) is 2.35. The van der Waals surface area contributed by atoms with E-state index in [2.05, 4.69) is 15.6 Å². The number of halogens is 3. The molecule has 0 bridgehead atoms. The standard InChI is InChI=1S/C14H14F3N3OS/c1-7(2)18-13(22)19-8-3-4-11-9(5-8)10(14(15,16)17)6-12(21)20-11/h3-7H,1-2H3,(H,20,21)(H2,18,19,22). The number of anilines is 1. The largest absolute Gasteiger partial charge is 0.417 e. The molecule has 118 valence electrons. The van der Waals surface area contributed by atoms with Crippen molar-refractivity contribution in [1.82, 2.24) is 10.3 Å². The van der Waals surface area contributed by atoms with E-state index in [1.54, 1.807) is 6.07 Å². The second-order valence-corrected chi connectivity index (χ2v) is 5.47. The van der Waals surface area contributed by atoms with Gasteiger partial charge in [0, 0.05) is 28.7 Å². The molecule has 8 heteroatoms. The third kappa shape index (κ3) is 3.76. The van der Waals surface area contributed by atoms with Crippen molar-refractivity contribution in [3.63, 3.8) is 0 Å². The third-order valence-corrected chi connectivity index (χ3v) is 3.05. The van der Waals surface area contributed by atoms with Gasteiger partial charge >= 0.3 is 6.18 Å². The van der Waals surface area contributed by atoms with Gasteiger partial charge in [-0.2, -0.15) is 13.2 Å². The Hall–Kier alpha value is -2.09. The number of nitrogens with one attached hydrogen (secondary N) is 3. The van der Waals surface area contributed by atoms with Gasteiger partial charge in [0.2, 0.25) is 5.56 Å². The van der Waals surface area contributed by atoms with Gasteiger partial charge in [0.1, 0.15) is 0 Å². The van der Waals surface area contributed by atoms with Crippen LogP contribution < -0.4 is 16.2 Å².